The lowest BCUT2D eigenvalue weighted by Crippen LogP contribution is -2.55. The molecule has 0 saturated carbocycles. The minimum Gasteiger partial charge on any atom is -0.314 e. The van der Waals surface area contributed by atoms with Gasteiger partial charge in [-0.15, -0.1) is 0 Å². The van der Waals surface area contributed by atoms with Crippen LogP contribution >= 0.6 is 0 Å². The van der Waals surface area contributed by atoms with Crippen LogP contribution < -0.4 is 10.6 Å². The molecule has 0 radical (unpaired) electrons. The van der Waals surface area contributed by atoms with Crippen molar-refractivity contribution in [2.75, 3.05) is 13.1 Å². The van der Waals surface area contributed by atoms with E-state index in [0.29, 0.717) is 6.04 Å². The lowest BCUT2D eigenvalue weighted by atomic mass is 10.1. The first-order valence-electron chi connectivity index (χ1n) is 4.70. The largest absolute Gasteiger partial charge is 0.314 e. The lowest BCUT2D eigenvalue weighted by molar-refractivity contribution is 0.365. The Hall–Kier alpha value is -0.930. The molecule has 0 amide bonds. The zero-order valence-electron chi connectivity index (χ0n) is 7.88. The van der Waals surface area contributed by atoms with Crippen molar-refractivity contribution in [1.29, 1.82) is 0 Å². The second-order valence-electron chi connectivity index (χ2n) is 3.54. The zero-order chi connectivity index (χ0) is 9.10. The zero-order valence-corrected chi connectivity index (χ0v) is 7.88. The molecule has 0 atom stereocenters. The third-order valence-corrected chi connectivity index (χ3v) is 2.50. The highest BCUT2D eigenvalue weighted by Gasteiger charge is 2.15. The highest BCUT2D eigenvalue weighted by atomic mass is 15.1. The topological polar surface area (TPSA) is 37.0 Å². The Kier molecular flexibility index (Phi) is 2.57. The van der Waals surface area contributed by atoms with E-state index in [1.807, 2.05) is 12.4 Å². The van der Waals surface area contributed by atoms with Crippen LogP contribution in [-0.4, -0.2) is 24.1 Å². The minimum absolute atomic E-state index is 0.660. The van der Waals surface area contributed by atoms with Crippen molar-refractivity contribution in [3.8, 4) is 0 Å². The van der Waals surface area contributed by atoms with E-state index in [9.17, 15) is 0 Å². The first-order chi connectivity index (χ1) is 6.36. The summed E-state index contributed by atoms with van der Waals surface area (Å²) >= 11 is 0. The van der Waals surface area contributed by atoms with Gasteiger partial charge in [0, 0.05) is 38.1 Å². The van der Waals surface area contributed by atoms with Gasteiger partial charge < -0.3 is 10.6 Å². The van der Waals surface area contributed by atoms with Crippen LogP contribution in [-0.2, 0) is 6.54 Å². The summed E-state index contributed by atoms with van der Waals surface area (Å²) in [6.07, 6.45) is 3.76. The maximum absolute atomic E-state index is 4.07. The second kappa shape index (κ2) is 3.85. The van der Waals surface area contributed by atoms with E-state index in [1.165, 1.54) is 11.1 Å². The fourth-order valence-electron chi connectivity index (χ4n) is 1.39. The van der Waals surface area contributed by atoms with E-state index < -0.39 is 0 Å². The fourth-order valence-corrected chi connectivity index (χ4v) is 1.39. The second-order valence-corrected chi connectivity index (χ2v) is 3.54. The van der Waals surface area contributed by atoms with Crippen molar-refractivity contribution in [3.05, 3.63) is 29.6 Å². The monoisotopic (exact) mass is 177 g/mol. The molecule has 0 spiro atoms. The molecule has 70 valence electrons. The molecule has 1 aliphatic rings. The van der Waals surface area contributed by atoms with Crippen LogP contribution in [0.15, 0.2) is 18.5 Å². The van der Waals surface area contributed by atoms with E-state index in [-0.39, 0.29) is 0 Å². The number of aromatic nitrogens is 1. The molecule has 1 aromatic rings. The van der Waals surface area contributed by atoms with Gasteiger partial charge in [-0.05, 0) is 24.1 Å². The van der Waals surface area contributed by atoms with Gasteiger partial charge in [0.25, 0.3) is 0 Å². The third kappa shape index (κ3) is 2.05. The van der Waals surface area contributed by atoms with Crippen LogP contribution in [0, 0.1) is 6.92 Å². The van der Waals surface area contributed by atoms with E-state index in [0.717, 1.165) is 19.6 Å². The molecule has 3 nitrogen and oxygen atoms in total. The summed E-state index contributed by atoms with van der Waals surface area (Å²) in [5.74, 6) is 0. The van der Waals surface area contributed by atoms with Crippen molar-refractivity contribution in [1.82, 2.24) is 15.6 Å². The summed E-state index contributed by atoms with van der Waals surface area (Å²) in [6, 6.07) is 2.74. The molecule has 1 fully saturated rings. The predicted octanol–water partition coefficient (Wildman–Crippen LogP) is 0.451. The van der Waals surface area contributed by atoms with Crippen LogP contribution in [0.25, 0.3) is 0 Å². The summed E-state index contributed by atoms with van der Waals surface area (Å²) in [7, 11) is 0. The summed E-state index contributed by atoms with van der Waals surface area (Å²) in [4.78, 5) is 4.07. The van der Waals surface area contributed by atoms with E-state index in [2.05, 4.69) is 28.6 Å². The van der Waals surface area contributed by atoms with E-state index in [4.69, 9.17) is 0 Å². The Labute approximate surface area is 78.6 Å². The molecule has 0 aromatic carbocycles. The van der Waals surface area contributed by atoms with Crippen LogP contribution in [0.3, 0.4) is 0 Å². The molecule has 1 aliphatic heterocycles. The van der Waals surface area contributed by atoms with Crippen LogP contribution in [0.4, 0.5) is 0 Å². The van der Waals surface area contributed by atoms with E-state index in [1.54, 1.807) is 0 Å². The SMILES string of the molecule is Cc1cnccc1CNC1CNC1. The standard InChI is InChI=1S/C10H15N3/c1-8-4-11-3-2-9(8)5-13-10-6-12-7-10/h2-4,10,12-13H,5-7H2,1H3. The summed E-state index contributed by atoms with van der Waals surface area (Å²) < 4.78 is 0. The van der Waals surface area contributed by atoms with Crippen molar-refractivity contribution >= 4 is 0 Å². The van der Waals surface area contributed by atoms with Gasteiger partial charge in [0.15, 0.2) is 0 Å². The average molecular weight is 177 g/mol. The molecular formula is C10H15N3. The molecule has 0 aliphatic carbocycles. The Bertz CT molecular complexity index is 281. The number of hydrogen-bond donors (Lipinski definition) is 2. The highest BCUT2D eigenvalue weighted by Crippen LogP contribution is 2.05. The Morgan fingerprint density at radius 2 is 2.46 bits per heavy atom. The molecule has 3 heteroatoms. The number of pyridine rings is 1. The first kappa shape index (κ1) is 8.66. The molecule has 1 aromatic heterocycles. The van der Waals surface area contributed by atoms with Gasteiger partial charge in [-0.1, -0.05) is 0 Å². The minimum atomic E-state index is 0.660. The number of rotatable bonds is 3. The summed E-state index contributed by atoms with van der Waals surface area (Å²) in [5.41, 5.74) is 2.61. The molecule has 2 rings (SSSR count). The Morgan fingerprint density at radius 1 is 1.62 bits per heavy atom. The smallest absolute Gasteiger partial charge is 0.0320 e. The van der Waals surface area contributed by atoms with E-state index >= 15 is 0 Å². The van der Waals surface area contributed by atoms with Crippen LogP contribution in [0.2, 0.25) is 0 Å². The third-order valence-electron chi connectivity index (χ3n) is 2.50. The quantitative estimate of drug-likeness (QED) is 0.704. The van der Waals surface area contributed by atoms with Crippen LogP contribution in [0.5, 0.6) is 0 Å². The van der Waals surface area contributed by atoms with Gasteiger partial charge >= 0.3 is 0 Å². The normalized spacial score (nSPS) is 17.0. The predicted molar refractivity (Wildman–Crippen MR) is 52.5 cm³/mol. The van der Waals surface area contributed by atoms with Crippen LogP contribution in [0.1, 0.15) is 11.1 Å². The fraction of sp³-hybridized carbons (Fsp3) is 0.500. The van der Waals surface area contributed by atoms with Crippen molar-refractivity contribution in [2.24, 2.45) is 0 Å². The molecule has 2 heterocycles. The van der Waals surface area contributed by atoms with Gasteiger partial charge in [-0.25, -0.2) is 0 Å². The molecule has 2 N–H and O–H groups in total. The van der Waals surface area contributed by atoms with Gasteiger partial charge in [-0.2, -0.15) is 0 Å². The number of nitrogens with one attached hydrogen (secondary N) is 2. The highest BCUT2D eigenvalue weighted by molar-refractivity contribution is 5.21. The number of nitrogens with zero attached hydrogens (tertiary/aromatic N) is 1. The lowest BCUT2D eigenvalue weighted by Gasteiger charge is -2.28. The Balaban J connectivity index is 1.89. The van der Waals surface area contributed by atoms with Gasteiger partial charge in [0.2, 0.25) is 0 Å². The Morgan fingerprint density at radius 3 is 3.08 bits per heavy atom. The molecule has 0 bridgehead atoms. The number of aryl methyl sites for hydroxylation is 1. The summed E-state index contributed by atoms with van der Waals surface area (Å²) in [5, 5.41) is 6.72. The van der Waals surface area contributed by atoms with Crippen molar-refractivity contribution in [3.63, 3.8) is 0 Å². The first-order valence-corrected chi connectivity index (χ1v) is 4.70. The van der Waals surface area contributed by atoms with Gasteiger partial charge in [0.05, 0.1) is 0 Å². The maximum atomic E-state index is 4.07. The molecule has 13 heavy (non-hydrogen) atoms. The number of hydrogen-bond acceptors (Lipinski definition) is 3. The molecule has 1 saturated heterocycles. The van der Waals surface area contributed by atoms with Crippen molar-refractivity contribution in [2.45, 2.75) is 19.5 Å². The average Bonchev–Trinajstić information content (AvgIpc) is 2.05. The van der Waals surface area contributed by atoms with Gasteiger partial charge in [-0.3, -0.25) is 4.98 Å². The van der Waals surface area contributed by atoms with Gasteiger partial charge in [0.1, 0.15) is 0 Å². The maximum Gasteiger partial charge on any atom is 0.0320 e. The van der Waals surface area contributed by atoms with Crippen molar-refractivity contribution < 1.29 is 0 Å². The molecule has 0 unspecified atom stereocenters. The summed E-state index contributed by atoms with van der Waals surface area (Å²) in [6.45, 7) is 5.26. The molecular weight excluding hydrogens is 162 g/mol.